The van der Waals surface area contributed by atoms with E-state index >= 15 is 0 Å². The average molecular weight is 495 g/mol. The Morgan fingerprint density at radius 2 is 1.86 bits per heavy atom. The summed E-state index contributed by atoms with van der Waals surface area (Å²) >= 11 is 5.52. The van der Waals surface area contributed by atoms with Crippen molar-refractivity contribution in [3.8, 4) is 5.75 Å². The van der Waals surface area contributed by atoms with E-state index in [4.69, 9.17) is 17.0 Å². The second-order valence-corrected chi connectivity index (χ2v) is 11.7. The molecule has 4 bridgehead atoms. The highest BCUT2D eigenvalue weighted by atomic mass is 32.1. The van der Waals surface area contributed by atoms with Crippen molar-refractivity contribution in [3.63, 3.8) is 0 Å². The molecule has 4 aliphatic rings. The number of aromatic nitrogens is 3. The fourth-order valence-corrected chi connectivity index (χ4v) is 8.04. The molecule has 0 aliphatic heterocycles. The van der Waals surface area contributed by atoms with E-state index in [2.05, 4.69) is 22.2 Å². The second-order valence-electron chi connectivity index (χ2n) is 11.3. The first-order valence-corrected chi connectivity index (χ1v) is 13.4. The fraction of sp³-hybridized carbons (Fsp3) is 0.593. The van der Waals surface area contributed by atoms with Crippen LogP contribution in [0.15, 0.2) is 23.0 Å². The van der Waals surface area contributed by atoms with Gasteiger partial charge in [0, 0.05) is 29.9 Å². The van der Waals surface area contributed by atoms with Crippen LogP contribution in [0.5, 0.6) is 5.75 Å². The molecule has 0 radical (unpaired) electrons. The number of rotatable bonds is 7. The van der Waals surface area contributed by atoms with Gasteiger partial charge in [-0.3, -0.25) is 14.2 Å². The number of carbonyl (C=O) groups is 1. The van der Waals surface area contributed by atoms with Gasteiger partial charge in [-0.15, -0.1) is 0 Å². The standard InChI is InChI=1S/C27H34N4O3S/c1-15(27-12-16-8-17(13-27)10-18(9-16)14-27)28-22(32)4-3-7-31-25(33)24-23(30-26(31)35)20-11-19(34-2)5-6-21(20)29-24/h5-6,11,15-18,29H,3-4,7-10,12-14H2,1-2H3,(H,28,32)(H,30,35). The quantitative estimate of drug-likeness (QED) is 0.401. The molecule has 2 heterocycles. The molecule has 4 aliphatic carbocycles. The van der Waals surface area contributed by atoms with Gasteiger partial charge in [0.2, 0.25) is 5.91 Å². The van der Waals surface area contributed by atoms with Crippen LogP contribution in [-0.2, 0) is 11.3 Å². The highest BCUT2D eigenvalue weighted by molar-refractivity contribution is 7.71. The zero-order valence-corrected chi connectivity index (χ0v) is 21.3. The highest BCUT2D eigenvalue weighted by Gasteiger charge is 2.53. The minimum atomic E-state index is -0.165. The summed E-state index contributed by atoms with van der Waals surface area (Å²) in [6, 6.07) is 5.85. The van der Waals surface area contributed by atoms with Crippen molar-refractivity contribution < 1.29 is 9.53 Å². The van der Waals surface area contributed by atoms with E-state index in [-0.39, 0.29) is 17.5 Å². The largest absolute Gasteiger partial charge is 0.497 e. The molecule has 4 fully saturated rings. The van der Waals surface area contributed by atoms with E-state index in [0.717, 1.165) is 34.4 Å². The van der Waals surface area contributed by atoms with Crippen molar-refractivity contribution in [1.82, 2.24) is 19.9 Å². The van der Waals surface area contributed by atoms with Crippen LogP contribution in [0, 0.1) is 27.9 Å². The molecule has 1 unspecified atom stereocenters. The van der Waals surface area contributed by atoms with Gasteiger partial charge < -0.3 is 20.0 Å². The number of nitrogens with one attached hydrogen (secondary N) is 3. The van der Waals surface area contributed by atoms with Crippen molar-refractivity contribution in [2.45, 2.75) is 70.9 Å². The molecule has 4 saturated carbocycles. The normalized spacial score (nSPS) is 28.0. The molecule has 8 heteroatoms. The molecule has 2 aromatic heterocycles. The maximum Gasteiger partial charge on any atom is 0.278 e. The van der Waals surface area contributed by atoms with Crippen molar-refractivity contribution in [2.75, 3.05) is 7.11 Å². The van der Waals surface area contributed by atoms with Crippen molar-refractivity contribution in [2.24, 2.45) is 23.2 Å². The molecule has 7 rings (SSSR count). The predicted molar refractivity (Wildman–Crippen MR) is 139 cm³/mol. The first-order valence-electron chi connectivity index (χ1n) is 13.0. The SMILES string of the molecule is COc1ccc2[nH]c3c(=O)n(CCCC(=O)NC(C)C45CC6CC(CC(C6)C4)C5)c(=S)[nH]c3c2c1. The van der Waals surface area contributed by atoms with Crippen LogP contribution in [0.2, 0.25) is 0 Å². The minimum Gasteiger partial charge on any atom is -0.497 e. The molecule has 0 saturated heterocycles. The lowest BCUT2D eigenvalue weighted by molar-refractivity contribution is -0.126. The van der Waals surface area contributed by atoms with Crippen LogP contribution in [0.1, 0.15) is 58.3 Å². The second kappa shape index (κ2) is 8.50. The van der Waals surface area contributed by atoms with E-state index in [9.17, 15) is 9.59 Å². The summed E-state index contributed by atoms with van der Waals surface area (Å²) in [5.74, 6) is 3.41. The summed E-state index contributed by atoms with van der Waals surface area (Å²) in [5.41, 5.74) is 2.16. The van der Waals surface area contributed by atoms with E-state index < -0.39 is 0 Å². The molecule has 1 atom stereocenters. The number of fused-ring (bicyclic) bond motifs is 3. The zero-order chi connectivity index (χ0) is 24.3. The summed E-state index contributed by atoms with van der Waals surface area (Å²) < 4.78 is 7.25. The lowest BCUT2D eigenvalue weighted by Gasteiger charge is -2.59. The number of nitrogens with zero attached hydrogens (tertiary/aromatic N) is 1. The smallest absolute Gasteiger partial charge is 0.278 e. The van der Waals surface area contributed by atoms with Crippen molar-refractivity contribution in [3.05, 3.63) is 33.3 Å². The third kappa shape index (κ3) is 3.90. The van der Waals surface area contributed by atoms with Gasteiger partial charge in [0.25, 0.3) is 5.56 Å². The number of hydrogen-bond donors (Lipinski definition) is 3. The zero-order valence-electron chi connectivity index (χ0n) is 20.5. The number of amides is 1. The van der Waals surface area contributed by atoms with Gasteiger partial charge in [0.15, 0.2) is 4.77 Å². The van der Waals surface area contributed by atoms with Crippen LogP contribution < -0.4 is 15.6 Å². The number of methoxy groups -OCH3 is 1. The Balaban J connectivity index is 1.13. The van der Waals surface area contributed by atoms with Gasteiger partial charge >= 0.3 is 0 Å². The van der Waals surface area contributed by atoms with Gasteiger partial charge in [-0.2, -0.15) is 0 Å². The molecule has 0 spiro atoms. The third-order valence-electron chi connectivity index (χ3n) is 9.11. The highest BCUT2D eigenvalue weighted by Crippen LogP contribution is 2.61. The summed E-state index contributed by atoms with van der Waals surface area (Å²) in [6.45, 7) is 2.62. The Morgan fingerprint density at radius 1 is 1.17 bits per heavy atom. The van der Waals surface area contributed by atoms with Gasteiger partial charge in [-0.1, -0.05) is 0 Å². The molecule has 1 aromatic carbocycles. The number of ether oxygens (including phenoxy) is 1. The molecule has 7 nitrogen and oxygen atoms in total. The average Bonchev–Trinajstić information content (AvgIpc) is 3.18. The molecular weight excluding hydrogens is 460 g/mol. The van der Waals surface area contributed by atoms with Crippen LogP contribution in [-0.4, -0.2) is 33.6 Å². The van der Waals surface area contributed by atoms with Crippen molar-refractivity contribution >= 4 is 40.1 Å². The molecule has 1 amide bonds. The van der Waals surface area contributed by atoms with Crippen molar-refractivity contribution in [1.29, 1.82) is 0 Å². The Bertz CT molecular complexity index is 1380. The number of carbonyl (C=O) groups excluding carboxylic acids is 1. The molecule has 35 heavy (non-hydrogen) atoms. The Labute approximate surface area is 209 Å². The Hall–Kier alpha value is -2.61. The lowest BCUT2D eigenvalue weighted by atomic mass is 9.48. The topological polar surface area (TPSA) is 91.9 Å². The van der Waals surface area contributed by atoms with Gasteiger partial charge in [-0.05, 0) is 105 Å². The van der Waals surface area contributed by atoms with Gasteiger partial charge in [-0.25, -0.2) is 0 Å². The van der Waals surface area contributed by atoms with E-state index in [1.54, 1.807) is 11.7 Å². The van der Waals surface area contributed by atoms with Gasteiger partial charge in [0.05, 0.1) is 12.6 Å². The summed E-state index contributed by atoms with van der Waals surface area (Å²) in [5, 5.41) is 4.20. The van der Waals surface area contributed by atoms with Crippen LogP contribution in [0.4, 0.5) is 0 Å². The van der Waals surface area contributed by atoms with Crippen LogP contribution >= 0.6 is 12.2 Å². The summed E-state index contributed by atoms with van der Waals surface area (Å²) in [7, 11) is 1.62. The fourth-order valence-electron chi connectivity index (χ4n) is 7.77. The molecule has 186 valence electrons. The van der Waals surface area contributed by atoms with E-state index in [1.807, 2.05) is 18.2 Å². The predicted octanol–water partition coefficient (Wildman–Crippen LogP) is 5.05. The number of aromatic amines is 2. The molecular formula is C27H34N4O3S. The number of H-pyrrole nitrogens is 2. The summed E-state index contributed by atoms with van der Waals surface area (Å²) in [4.78, 5) is 32.5. The molecule has 3 aromatic rings. The number of benzene rings is 1. The maximum atomic E-state index is 13.2. The molecule has 3 N–H and O–H groups in total. The van der Waals surface area contributed by atoms with Crippen LogP contribution in [0.25, 0.3) is 21.9 Å². The first kappa shape index (κ1) is 22.8. The van der Waals surface area contributed by atoms with Crippen LogP contribution in [0.3, 0.4) is 0 Å². The third-order valence-corrected chi connectivity index (χ3v) is 9.43. The number of hydrogen-bond acceptors (Lipinski definition) is 4. The monoisotopic (exact) mass is 494 g/mol. The van der Waals surface area contributed by atoms with E-state index in [1.165, 1.54) is 38.5 Å². The Kier molecular flexibility index (Phi) is 5.55. The first-order chi connectivity index (χ1) is 16.8. The van der Waals surface area contributed by atoms with E-state index in [0.29, 0.717) is 40.6 Å². The summed E-state index contributed by atoms with van der Waals surface area (Å²) in [6.07, 6.45) is 9.01. The lowest BCUT2D eigenvalue weighted by Crippen LogP contribution is -2.55. The van der Waals surface area contributed by atoms with Gasteiger partial charge in [0.1, 0.15) is 11.3 Å². The minimum absolute atomic E-state index is 0.0787. The maximum absolute atomic E-state index is 13.2. The Morgan fingerprint density at radius 3 is 2.51 bits per heavy atom.